The number of hydrogen-bond donors (Lipinski definition) is 6. The number of nitrogens with two attached hydrogens (primary N) is 1. The van der Waals surface area contributed by atoms with Gasteiger partial charge in [0.1, 0.15) is 30.0 Å². The Balaban J connectivity index is 4.95. The van der Waals surface area contributed by atoms with Gasteiger partial charge in [0.25, 0.3) is 23.6 Å². The minimum Gasteiger partial charge on any atom is -0.540 e. The molecule has 0 saturated heterocycles. The predicted molar refractivity (Wildman–Crippen MR) is 105 cm³/mol. The van der Waals surface area contributed by atoms with Crippen LogP contribution in [-0.2, 0) is 38.4 Å². The lowest BCUT2D eigenvalue weighted by Gasteiger charge is -2.23. The summed E-state index contributed by atoms with van der Waals surface area (Å²) in [5, 5.41) is 39.7. The first-order valence-electron chi connectivity index (χ1n) is 10.2. The highest BCUT2D eigenvalue weighted by atomic mass is 16.4. The Morgan fingerprint density at radius 2 is 0.971 bits per heavy atom. The zero-order valence-electron chi connectivity index (χ0n) is 18.4. The highest BCUT2D eigenvalue weighted by Gasteiger charge is 2.26. The Bertz CT molecular complexity index is 832. The molecule has 0 aliphatic heterocycles. The molecule has 0 saturated carbocycles. The molecule has 0 rings (SSSR count). The SMILES string of the molecule is NNC(=O)[C@H](CCCCNC(=O)C(=O)[O-])NC(=O)[C@H](CCCCNC(=O)C(=O)[O-])NC(=O)C(=O)[O-]. The Kier molecular flexibility index (Phi) is 14.4. The van der Waals surface area contributed by atoms with Gasteiger partial charge in [-0.25, -0.2) is 5.84 Å². The number of nitrogens with one attached hydrogen (secondary N) is 5. The molecule has 0 aromatic carbocycles. The molecule has 0 aliphatic rings. The van der Waals surface area contributed by atoms with Crippen LogP contribution in [0.3, 0.4) is 0 Å². The van der Waals surface area contributed by atoms with Crippen molar-refractivity contribution in [1.29, 1.82) is 0 Å². The summed E-state index contributed by atoms with van der Waals surface area (Å²) in [7, 11) is 0. The molecule has 5 amide bonds. The average molecular weight is 501 g/mol. The minimum atomic E-state index is -2.11. The Hall–Kier alpha value is -4.28. The standard InChI is InChI=1S/C18H28N6O11/c19-24-12(26)10(6-2-4-8-21-14(28)17(32)33)22-11(25)9(23-15(29)18(34)35)5-1-3-7-20-13(27)16(30)31/h9-10H,1-8,19H2,(H,20,27)(H,21,28)(H,22,25)(H,23,29)(H,24,26)(H,30,31)(H,32,33)(H,34,35)/p-3/t9-,10-/m0/s1. The lowest BCUT2D eigenvalue weighted by Crippen LogP contribution is -2.56. The number of carbonyl (C=O) groups excluding carboxylic acids is 8. The van der Waals surface area contributed by atoms with Gasteiger partial charge in [-0.3, -0.25) is 29.4 Å². The van der Waals surface area contributed by atoms with Crippen molar-refractivity contribution in [3.8, 4) is 0 Å². The fourth-order valence-electron chi connectivity index (χ4n) is 2.62. The van der Waals surface area contributed by atoms with Crippen LogP contribution in [0.25, 0.3) is 0 Å². The molecular formula is C18H25N6O11-3. The first-order valence-corrected chi connectivity index (χ1v) is 10.2. The monoisotopic (exact) mass is 501 g/mol. The topological polar surface area (TPSA) is 292 Å². The molecule has 7 N–H and O–H groups in total. The number of carboxylic acid groups (broad SMARTS) is 3. The van der Waals surface area contributed by atoms with Gasteiger partial charge >= 0.3 is 0 Å². The number of rotatable bonds is 14. The van der Waals surface area contributed by atoms with Gasteiger partial charge in [0.15, 0.2) is 0 Å². The Labute approximate surface area is 198 Å². The second kappa shape index (κ2) is 16.4. The van der Waals surface area contributed by atoms with Gasteiger partial charge in [0, 0.05) is 13.1 Å². The molecule has 196 valence electrons. The van der Waals surface area contributed by atoms with E-state index in [-0.39, 0.29) is 51.6 Å². The lowest BCUT2D eigenvalue weighted by molar-refractivity contribution is -0.301. The number of hydrazine groups is 1. The molecule has 35 heavy (non-hydrogen) atoms. The van der Waals surface area contributed by atoms with Crippen LogP contribution in [0, 0.1) is 0 Å². The Morgan fingerprint density at radius 3 is 1.34 bits per heavy atom. The third-order valence-electron chi connectivity index (χ3n) is 4.36. The molecule has 17 heteroatoms. The molecule has 0 bridgehead atoms. The van der Waals surface area contributed by atoms with E-state index in [1.807, 2.05) is 16.1 Å². The van der Waals surface area contributed by atoms with E-state index in [9.17, 15) is 53.7 Å². The maximum Gasteiger partial charge on any atom is 0.267 e. The van der Waals surface area contributed by atoms with Crippen LogP contribution in [0.4, 0.5) is 0 Å². The molecule has 0 aromatic heterocycles. The third-order valence-corrected chi connectivity index (χ3v) is 4.36. The maximum atomic E-state index is 12.6. The summed E-state index contributed by atoms with van der Waals surface area (Å²) in [6, 6.07) is -2.67. The summed E-state index contributed by atoms with van der Waals surface area (Å²) in [5.74, 6) is -6.91. The summed E-state index contributed by atoms with van der Waals surface area (Å²) < 4.78 is 0. The fourth-order valence-corrected chi connectivity index (χ4v) is 2.62. The van der Waals surface area contributed by atoms with Crippen molar-refractivity contribution in [2.75, 3.05) is 13.1 Å². The van der Waals surface area contributed by atoms with Crippen LogP contribution >= 0.6 is 0 Å². The predicted octanol–water partition coefficient (Wildman–Crippen LogP) is -8.23. The number of unbranched alkanes of at least 4 members (excludes halogenated alkanes) is 2. The third kappa shape index (κ3) is 13.1. The molecule has 0 unspecified atom stereocenters. The number of aliphatic carboxylic acids is 3. The highest BCUT2D eigenvalue weighted by molar-refractivity contribution is 6.31. The van der Waals surface area contributed by atoms with Gasteiger partial charge in [-0.1, -0.05) is 0 Å². The summed E-state index contributed by atoms with van der Waals surface area (Å²) in [4.78, 5) is 89.2. The van der Waals surface area contributed by atoms with Gasteiger partial charge in [-0.05, 0) is 38.5 Å². The van der Waals surface area contributed by atoms with Crippen LogP contribution < -0.4 is 47.9 Å². The van der Waals surface area contributed by atoms with E-state index in [1.165, 1.54) is 0 Å². The van der Waals surface area contributed by atoms with Crippen molar-refractivity contribution < 1.29 is 53.7 Å². The maximum absolute atomic E-state index is 12.6. The number of carboxylic acids is 3. The highest BCUT2D eigenvalue weighted by Crippen LogP contribution is 2.05. The van der Waals surface area contributed by atoms with E-state index in [1.54, 1.807) is 0 Å². The van der Waals surface area contributed by atoms with Crippen molar-refractivity contribution in [3.05, 3.63) is 0 Å². The molecule has 17 nitrogen and oxygen atoms in total. The molecule has 0 aliphatic carbocycles. The van der Waals surface area contributed by atoms with E-state index in [2.05, 4.69) is 10.6 Å². The second-order valence-corrected chi connectivity index (χ2v) is 6.96. The van der Waals surface area contributed by atoms with Crippen molar-refractivity contribution in [2.45, 2.75) is 50.6 Å². The van der Waals surface area contributed by atoms with Crippen molar-refractivity contribution in [2.24, 2.45) is 5.84 Å². The number of amides is 5. The van der Waals surface area contributed by atoms with Gasteiger partial charge in [0.05, 0.1) is 0 Å². The van der Waals surface area contributed by atoms with E-state index in [0.717, 1.165) is 0 Å². The largest absolute Gasteiger partial charge is 0.540 e. The zero-order chi connectivity index (χ0) is 27.0. The summed E-state index contributed by atoms with van der Waals surface area (Å²) in [5.41, 5.74) is 1.83. The molecule has 2 atom stereocenters. The fraction of sp³-hybridized carbons (Fsp3) is 0.556. The van der Waals surface area contributed by atoms with Gasteiger partial charge < -0.3 is 51.0 Å². The van der Waals surface area contributed by atoms with Crippen LogP contribution in [0.5, 0.6) is 0 Å². The smallest absolute Gasteiger partial charge is 0.267 e. The Morgan fingerprint density at radius 1 is 0.571 bits per heavy atom. The normalized spacial score (nSPS) is 11.8. The van der Waals surface area contributed by atoms with Gasteiger partial charge in [0.2, 0.25) is 5.91 Å². The minimum absolute atomic E-state index is 0.0215. The molecule has 0 radical (unpaired) electrons. The van der Waals surface area contributed by atoms with Crippen LogP contribution in [0.1, 0.15) is 38.5 Å². The van der Waals surface area contributed by atoms with E-state index in [4.69, 9.17) is 5.84 Å². The summed E-state index contributed by atoms with van der Waals surface area (Å²) in [6.07, 6.45) is 0.509. The van der Waals surface area contributed by atoms with Crippen LogP contribution in [0.15, 0.2) is 0 Å². The molecule has 0 aromatic rings. The van der Waals surface area contributed by atoms with Crippen LogP contribution in [-0.4, -0.2) is 72.6 Å². The average Bonchev–Trinajstić information content (AvgIpc) is 2.80. The van der Waals surface area contributed by atoms with Crippen LogP contribution in [0.2, 0.25) is 0 Å². The first kappa shape index (κ1) is 30.7. The van der Waals surface area contributed by atoms with E-state index in [0.29, 0.717) is 0 Å². The molecule has 0 fully saturated rings. The number of hydrogen-bond acceptors (Lipinski definition) is 12. The molecule has 0 heterocycles. The van der Waals surface area contributed by atoms with Crippen molar-refractivity contribution >= 4 is 47.4 Å². The first-order chi connectivity index (χ1) is 16.4. The quantitative estimate of drug-likeness (QED) is 0.0425. The zero-order valence-corrected chi connectivity index (χ0v) is 18.4. The van der Waals surface area contributed by atoms with E-state index >= 15 is 0 Å². The van der Waals surface area contributed by atoms with Gasteiger partial charge in [-0.2, -0.15) is 0 Å². The number of carbonyl (C=O) groups is 8. The lowest BCUT2D eigenvalue weighted by atomic mass is 10.1. The summed E-state index contributed by atoms with van der Waals surface area (Å²) >= 11 is 0. The second-order valence-electron chi connectivity index (χ2n) is 6.96. The van der Waals surface area contributed by atoms with Gasteiger partial charge in [-0.15, -0.1) is 0 Å². The molecule has 0 spiro atoms. The van der Waals surface area contributed by atoms with Crippen molar-refractivity contribution in [1.82, 2.24) is 26.7 Å². The van der Waals surface area contributed by atoms with Crippen molar-refractivity contribution in [3.63, 3.8) is 0 Å². The van der Waals surface area contributed by atoms with E-state index < -0.39 is 59.5 Å². The summed E-state index contributed by atoms with van der Waals surface area (Å²) in [6.45, 7) is -0.168. The molecular weight excluding hydrogens is 476 g/mol.